The molecule has 2 amide bonds. The number of carbonyl (C=O) groups excluding carboxylic acids is 2. The van der Waals surface area contributed by atoms with Gasteiger partial charge in [-0.25, -0.2) is 0 Å². The molecule has 1 atom stereocenters. The number of para-hydroxylation sites is 1. The molecular formula is C22H28N4O3. The Kier molecular flexibility index (Phi) is 5.15. The van der Waals surface area contributed by atoms with Crippen LogP contribution in [0.4, 0.5) is 5.69 Å². The molecule has 0 unspecified atom stereocenters. The van der Waals surface area contributed by atoms with Gasteiger partial charge in [-0.15, -0.1) is 0 Å². The first-order chi connectivity index (χ1) is 13.9. The van der Waals surface area contributed by atoms with Crippen molar-refractivity contribution in [2.45, 2.75) is 65.0 Å². The van der Waals surface area contributed by atoms with Gasteiger partial charge >= 0.3 is 0 Å². The summed E-state index contributed by atoms with van der Waals surface area (Å²) in [6.45, 7) is 6.87. The molecule has 2 aliphatic heterocycles. The molecule has 1 aromatic carbocycles. The monoisotopic (exact) mass is 396 g/mol. The molecule has 29 heavy (non-hydrogen) atoms. The highest BCUT2D eigenvalue weighted by Gasteiger charge is 2.52. The van der Waals surface area contributed by atoms with Gasteiger partial charge in [0, 0.05) is 25.8 Å². The van der Waals surface area contributed by atoms with Crippen LogP contribution in [0.3, 0.4) is 0 Å². The first-order valence-corrected chi connectivity index (χ1v) is 10.5. The summed E-state index contributed by atoms with van der Waals surface area (Å²) in [5.74, 6) is 2.01. The van der Waals surface area contributed by atoms with E-state index in [1.807, 2.05) is 30.0 Å². The second kappa shape index (κ2) is 7.61. The van der Waals surface area contributed by atoms with E-state index in [1.54, 1.807) is 11.0 Å². The minimum atomic E-state index is -0.611. The Bertz CT molecular complexity index is 922. The summed E-state index contributed by atoms with van der Waals surface area (Å²) in [6, 6.07) is 7.38. The maximum Gasteiger partial charge on any atom is 0.257 e. The van der Waals surface area contributed by atoms with E-state index in [0.717, 1.165) is 24.4 Å². The molecule has 0 saturated carbocycles. The molecule has 2 aliphatic rings. The van der Waals surface area contributed by atoms with Crippen molar-refractivity contribution in [1.82, 2.24) is 15.0 Å². The second-order valence-electron chi connectivity index (χ2n) is 8.56. The molecule has 7 heteroatoms. The predicted octanol–water partition coefficient (Wildman–Crippen LogP) is 3.59. The fourth-order valence-electron chi connectivity index (χ4n) is 4.34. The average Bonchev–Trinajstić information content (AvgIpc) is 3.27. The van der Waals surface area contributed by atoms with E-state index >= 15 is 0 Å². The number of amides is 2. The Labute approximate surface area is 171 Å². The standard InChI is InChI=1S/C22H28N4O3/c1-15(2)10-11-18-23-19(29-24-18)9-6-14-25-21(28)16-7-4-5-8-17(16)26-20(27)12-13-22(25,26)3/h4-5,7-8,15H,6,9-14H2,1-3H3/t22-/m0/s1. The zero-order chi connectivity index (χ0) is 20.6. The summed E-state index contributed by atoms with van der Waals surface area (Å²) in [6.07, 6.45) is 4.27. The fourth-order valence-corrected chi connectivity index (χ4v) is 4.34. The lowest BCUT2D eigenvalue weighted by Crippen LogP contribution is -2.62. The smallest absolute Gasteiger partial charge is 0.257 e. The van der Waals surface area contributed by atoms with Crippen molar-refractivity contribution in [1.29, 1.82) is 0 Å². The highest BCUT2D eigenvalue weighted by Crippen LogP contribution is 2.43. The molecule has 0 aliphatic carbocycles. The first kappa shape index (κ1) is 19.6. The summed E-state index contributed by atoms with van der Waals surface area (Å²) in [7, 11) is 0. The Morgan fingerprint density at radius 1 is 1.21 bits per heavy atom. The summed E-state index contributed by atoms with van der Waals surface area (Å²) in [5, 5.41) is 4.06. The summed E-state index contributed by atoms with van der Waals surface area (Å²) < 4.78 is 5.37. The van der Waals surface area contributed by atoms with Crippen molar-refractivity contribution >= 4 is 17.5 Å². The molecule has 0 N–H and O–H groups in total. The largest absolute Gasteiger partial charge is 0.339 e. The quantitative estimate of drug-likeness (QED) is 0.715. The molecule has 3 heterocycles. The number of rotatable bonds is 7. The van der Waals surface area contributed by atoms with Gasteiger partial charge in [-0.3, -0.25) is 14.5 Å². The highest BCUT2D eigenvalue weighted by atomic mass is 16.5. The SMILES string of the molecule is CC(C)CCc1noc(CCCN2C(=O)c3ccccc3N3C(=O)CC[C@@]23C)n1. The van der Waals surface area contributed by atoms with Gasteiger partial charge in [-0.1, -0.05) is 31.1 Å². The van der Waals surface area contributed by atoms with Crippen molar-refractivity contribution in [2.75, 3.05) is 11.4 Å². The number of nitrogens with zero attached hydrogens (tertiary/aromatic N) is 4. The number of hydrogen-bond acceptors (Lipinski definition) is 5. The summed E-state index contributed by atoms with van der Waals surface area (Å²) in [5.41, 5.74) is 0.708. The molecule has 1 fully saturated rings. The van der Waals surface area contributed by atoms with E-state index in [4.69, 9.17) is 4.52 Å². The molecule has 0 radical (unpaired) electrons. The van der Waals surface area contributed by atoms with Crippen molar-refractivity contribution in [3.05, 3.63) is 41.5 Å². The first-order valence-electron chi connectivity index (χ1n) is 10.5. The molecule has 4 rings (SSSR count). The zero-order valence-corrected chi connectivity index (χ0v) is 17.4. The predicted molar refractivity (Wildman–Crippen MR) is 108 cm³/mol. The van der Waals surface area contributed by atoms with Crippen LogP contribution in [0.5, 0.6) is 0 Å². The number of anilines is 1. The zero-order valence-electron chi connectivity index (χ0n) is 17.4. The van der Waals surface area contributed by atoms with Gasteiger partial charge in [0.1, 0.15) is 5.66 Å². The minimum absolute atomic E-state index is 0.0165. The van der Waals surface area contributed by atoms with Gasteiger partial charge in [0.05, 0.1) is 11.3 Å². The molecule has 0 bridgehead atoms. The van der Waals surface area contributed by atoms with Crippen LogP contribution < -0.4 is 4.90 Å². The maximum atomic E-state index is 13.2. The average molecular weight is 396 g/mol. The molecule has 1 aromatic heterocycles. The molecule has 0 spiro atoms. The topological polar surface area (TPSA) is 79.5 Å². The third-order valence-corrected chi connectivity index (χ3v) is 5.97. The fraction of sp³-hybridized carbons (Fsp3) is 0.545. The lowest BCUT2D eigenvalue weighted by molar-refractivity contribution is -0.117. The number of aromatic nitrogens is 2. The summed E-state index contributed by atoms with van der Waals surface area (Å²) >= 11 is 0. The van der Waals surface area contributed by atoms with Crippen LogP contribution in [-0.4, -0.2) is 39.1 Å². The van der Waals surface area contributed by atoms with Crippen LogP contribution in [0.2, 0.25) is 0 Å². The number of carbonyl (C=O) groups is 2. The van der Waals surface area contributed by atoms with Gasteiger partial charge < -0.3 is 9.42 Å². The lowest BCUT2D eigenvalue weighted by Gasteiger charge is -2.48. The molecule has 7 nitrogen and oxygen atoms in total. The van der Waals surface area contributed by atoms with Crippen molar-refractivity contribution in [2.24, 2.45) is 5.92 Å². The third-order valence-electron chi connectivity index (χ3n) is 5.97. The molecule has 2 aromatic rings. The van der Waals surface area contributed by atoms with Gasteiger partial charge in [0.25, 0.3) is 5.91 Å². The van der Waals surface area contributed by atoms with Crippen LogP contribution in [0.1, 0.15) is 68.5 Å². The van der Waals surface area contributed by atoms with Crippen molar-refractivity contribution < 1.29 is 14.1 Å². The molecular weight excluding hydrogens is 368 g/mol. The Morgan fingerprint density at radius 3 is 2.79 bits per heavy atom. The van der Waals surface area contributed by atoms with Gasteiger partial charge in [0.15, 0.2) is 5.82 Å². The van der Waals surface area contributed by atoms with Crippen LogP contribution in [-0.2, 0) is 17.6 Å². The number of fused-ring (bicyclic) bond motifs is 3. The van der Waals surface area contributed by atoms with Crippen molar-refractivity contribution in [3.63, 3.8) is 0 Å². The lowest BCUT2D eigenvalue weighted by atomic mass is 9.98. The highest BCUT2D eigenvalue weighted by molar-refractivity contribution is 6.10. The van der Waals surface area contributed by atoms with E-state index in [9.17, 15) is 9.59 Å². The number of hydrogen-bond donors (Lipinski definition) is 0. The minimum Gasteiger partial charge on any atom is -0.339 e. The van der Waals surface area contributed by atoms with Crippen LogP contribution in [0.15, 0.2) is 28.8 Å². The van der Waals surface area contributed by atoms with Crippen LogP contribution in [0, 0.1) is 5.92 Å². The number of benzene rings is 1. The number of aryl methyl sites for hydroxylation is 2. The second-order valence-corrected chi connectivity index (χ2v) is 8.56. The van der Waals surface area contributed by atoms with E-state index in [2.05, 4.69) is 24.0 Å². The maximum absolute atomic E-state index is 13.2. The van der Waals surface area contributed by atoms with Gasteiger partial charge in [-0.2, -0.15) is 4.98 Å². The van der Waals surface area contributed by atoms with E-state index in [-0.39, 0.29) is 11.8 Å². The van der Waals surface area contributed by atoms with Gasteiger partial charge in [0.2, 0.25) is 11.8 Å². The van der Waals surface area contributed by atoms with E-state index in [0.29, 0.717) is 49.6 Å². The van der Waals surface area contributed by atoms with E-state index in [1.165, 1.54) is 0 Å². The third kappa shape index (κ3) is 3.54. The van der Waals surface area contributed by atoms with Crippen molar-refractivity contribution in [3.8, 4) is 0 Å². The molecule has 1 saturated heterocycles. The van der Waals surface area contributed by atoms with Crippen LogP contribution in [0.25, 0.3) is 0 Å². The normalized spacial score (nSPS) is 21.1. The summed E-state index contributed by atoms with van der Waals surface area (Å²) in [4.78, 5) is 33.9. The van der Waals surface area contributed by atoms with Gasteiger partial charge in [-0.05, 0) is 44.2 Å². The van der Waals surface area contributed by atoms with E-state index < -0.39 is 5.66 Å². The molecule has 154 valence electrons. The van der Waals surface area contributed by atoms with Crippen LogP contribution >= 0.6 is 0 Å². The Morgan fingerprint density at radius 2 is 2.00 bits per heavy atom. The Balaban J connectivity index is 1.46. The Hall–Kier alpha value is -2.70.